The van der Waals surface area contributed by atoms with Crippen LogP contribution in [0.1, 0.15) is 22.3 Å². The minimum absolute atomic E-state index is 0.326. The molecule has 1 aliphatic rings. The molecule has 1 unspecified atom stereocenters. The number of nitrogens with one attached hydrogen (secondary N) is 1. The van der Waals surface area contributed by atoms with Crippen LogP contribution in [0.25, 0.3) is 16.8 Å². The van der Waals surface area contributed by atoms with Crippen molar-refractivity contribution in [2.45, 2.75) is 12.5 Å². The summed E-state index contributed by atoms with van der Waals surface area (Å²) in [5.41, 5.74) is 1.59. The lowest BCUT2D eigenvalue weighted by atomic mass is 9.93. The molecule has 3 rings (SSSR count). The number of carboxylic acid groups (broad SMARTS) is 1. The lowest BCUT2D eigenvalue weighted by Crippen LogP contribution is -2.19. The number of aliphatic hydroxyl groups excluding tert-OH is 1. The Morgan fingerprint density at radius 2 is 2.00 bits per heavy atom. The van der Waals surface area contributed by atoms with Crippen molar-refractivity contribution >= 4 is 11.5 Å². The smallest absolute Gasteiger partial charge is 0.341 e. The molecule has 2 aromatic rings. The number of aromatic amines is 1. The van der Waals surface area contributed by atoms with Gasteiger partial charge in [-0.1, -0.05) is 18.2 Å². The molecular weight excluding hydrogens is 322 g/mol. The van der Waals surface area contributed by atoms with Crippen molar-refractivity contribution in [2.24, 2.45) is 0 Å². The van der Waals surface area contributed by atoms with Crippen LogP contribution in [0.5, 0.6) is 5.75 Å². The molecule has 0 amide bonds. The van der Waals surface area contributed by atoms with E-state index < -0.39 is 17.6 Å². The number of H-pyrrole nitrogens is 1. The molecule has 0 saturated heterocycles. The Balaban J connectivity index is 2.19. The van der Waals surface area contributed by atoms with Gasteiger partial charge in [-0.25, -0.2) is 4.79 Å². The van der Waals surface area contributed by atoms with E-state index in [1.54, 1.807) is 43.5 Å². The Labute approximate surface area is 143 Å². The first-order valence-corrected chi connectivity index (χ1v) is 7.71. The molecule has 6 nitrogen and oxygen atoms in total. The summed E-state index contributed by atoms with van der Waals surface area (Å²) < 4.78 is 5.14. The van der Waals surface area contributed by atoms with Crippen molar-refractivity contribution in [2.75, 3.05) is 7.11 Å². The Hall–Kier alpha value is -3.12. The fourth-order valence-electron chi connectivity index (χ4n) is 2.71. The first-order valence-electron chi connectivity index (χ1n) is 7.71. The van der Waals surface area contributed by atoms with E-state index in [9.17, 15) is 19.8 Å². The third kappa shape index (κ3) is 3.39. The van der Waals surface area contributed by atoms with Crippen LogP contribution < -0.4 is 10.3 Å². The maximum Gasteiger partial charge on any atom is 0.341 e. The summed E-state index contributed by atoms with van der Waals surface area (Å²) in [4.78, 5) is 26.1. The molecule has 0 fully saturated rings. The van der Waals surface area contributed by atoms with E-state index in [0.29, 0.717) is 23.4 Å². The zero-order chi connectivity index (χ0) is 18.0. The fourth-order valence-corrected chi connectivity index (χ4v) is 2.71. The van der Waals surface area contributed by atoms with Gasteiger partial charge in [0, 0.05) is 5.56 Å². The summed E-state index contributed by atoms with van der Waals surface area (Å²) in [5, 5.41) is 18.9. The molecule has 0 spiro atoms. The van der Waals surface area contributed by atoms with E-state index in [1.807, 2.05) is 6.08 Å². The van der Waals surface area contributed by atoms with Crippen molar-refractivity contribution in [1.82, 2.24) is 4.98 Å². The molecule has 6 heteroatoms. The number of methoxy groups -OCH3 is 1. The van der Waals surface area contributed by atoms with Gasteiger partial charge in [0.05, 0.1) is 18.9 Å². The molecular formula is C19H17NO5. The van der Waals surface area contributed by atoms with Gasteiger partial charge in [-0.05, 0) is 47.9 Å². The quantitative estimate of drug-likeness (QED) is 0.794. The molecule has 3 N–H and O–H groups in total. The second-order valence-corrected chi connectivity index (χ2v) is 5.66. The van der Waals surface area contributed by atoms with Gasteiger partial charge in [0.25, 0.3) is 5.56 Å². The van der Waals surface area contributed by atoms with Gasteiger partial charge in [-0.3, -0.25) is 4.79 Å². The zero-order valence-electron chi connectivity index (χ0n) is 13.5. The molecule has 1 atom stereocenters. The highest BCUT2D eigenvalue weighted by Crippen LogP contribution is 2.31. The molecule has 1 heterocycles. The van der Waals surface area contributed by atoms with Crippen LogP contribution >= 0.6 is 0 Å². The normalized spacial score (nSPS) is 16.4. The third-order valence-electron chi connectivity index (χ3n) is 4.04. The van der Waals surface area contributed by atoms with Crippen LogP contribution in [0.2, 0.25) is 0 Å². The number of ether oxygens (including phenoxy) is 1. The molecule has 25 heavy (non-hydrogen) atoms. The van der Waals surface area contributed by atoms with Gasteiger partial charge in [0.15, 0.2) is 0 Å². The fraction of sp³-hybridized carbons (Fsp3) is 0.158. The lowest BCUT2D eigenvalue weighted by Gasteiger charge is -2.16. The number of benzene rings is 1. The first kappa shape index (κ1) is 16.7. The summed E-state index contributed by atoms with van der Waals surface area (Å²) >= 11 is 0. The summed E-state index contributed by atoms with van der Waals surface area (Å²) in [7, 11) is 1.56. The highest BCUT2D eigenvalue weighted by molar-refractivity contribution is 5.92. The van der Waals surface area contributed by atoms with Crippen molar-refractivity contribution in [3.05, 3.63) is 70.0 Å². The minimum atomic E-state index is -1.29. The standard InChI is InChI=1S/C19H17NO5/c1-25-14-8-4-12(5-9-14)17-15(11-2-6-13(21)7-3-11)10-16(19(23)24)18(22)20-17/h2-6,8-10,13,21H,7H2,1H3,(H,20,22)(H,23,24). The number of aromatic carboxylic acids is 1. The van der Waals surface area contributed by atoms with Crippen LogP contribution in [0.4, 0.5) is 0 Å². The number of carboxylic acids is 1. The Bertz CT molecular complexity index is 922. The van der Waals surface area contributed by atoms with Gasteiger partial charge in [0.2, 0.25) is 0 Å². The topological polar surface area (TPSA) is 99.6 Å². The second-order valence-electron chi connectivity index (χ2n) is 5.66. The van der Waals surface area contributed by atoms with Gasteiger partial charge in [-0.2, -0.15) is 0 Å². The molecule has 0 saturated carbocycles. The second kappa shape index (κ2) is 6.78. The van der Waals surface area contributed by atoms with Crippen LogP contribution in [-0.4, -0.2) is 34.4 Å². The highest BCUT2D eigenvalue weighted by Gasteiger charge is 2.18. The van der Waals surface area contributed by atoms with E-state index in [1.165, 1.54) is 6.07 Å². The van der Waals surface area contributed by atoms with Gasteiger partial charge in [0.1, 0.15) is 11.3 Å². The van der Waals surface area contributed by atoms with Crippen LogP contribution in [-0.2, 0) is 0 Å². The Morgan fingerprint density at radius 3 is 2.56 bits per heavy atom. The van der Waals surface area contributed by atoms with E-state index in [-0.39, 0.29) is 5.56 Å². The number of hydrogen-bond acceptors (Lipinski definition) is 4. The van der Waals surface area contributed by atoms with Crippen molar-refractivity contribution in [3.8, 4) is 17.0 Å². The monoisotopic (exact) mass is 339 g/mol. The molecule has 1 aromatic carbocycles. The number of pyridine rings is 1. The number of aromatic nitrogens is 1. The van der Waals surface area contributed by atoms with E-state index in [4.69, 9.17) is 4.74 Å². The van der Waals surface area contributed by atoms with Gasteiger partial charge >= 0.3 is 5.97 Å². The highest BCUT2D eigenvalue weighted by atomic mass is 16.5. The number of allylic oxidation sites excluding steroid dienone is 2. The summed E-state index contributed by atoms with van der Waals surface area (Å²) in [6.07, 6.45) is 5.04. The maximum absolute atomic E-state index is 12.1. The van der Waals surface area contributed by atoms with Crippen LogP contribution in [0, 0.1) is 0 Å². The molecule has 0 aliphatic heterocycles. The van der Waals surface area contributed by atoms with Crippen molar-refractivity contribution < 1.29 is 19.7 Å². The van der Waals surface area contributed by atoms with Crippen LogP contribution in [0.3, 0.4) is 0 Å². The number of aliphatic hydroxyl groups is 1. The van der Waals surface area contributed by atoms with Crippen molar-refractivity contribution in [1.29, 1.82) is 0 Å². The SMILES string of the molecule is COc1ccc(-c2[nH]c(=O)c(C(=O)O)cc2C2=CCC(O)C=C2)cc1. The van der Waals surface area contributed by atoms with E-state index in [0.717, 1.165) is 11.1 Å². The molecule has 1 aromatic heterocycles. The predicted molar refractivity (Wildman–Crippen MR) is 93.8 cm³/mol. The molecule has 128 valence electrons. The maximum atomic E-state index is 12.1. The van der Waals surface area contributed by atoms with Gasteiger partial charge in [-0.15, -0.1) is 0 Å². The van der Waals surface area contributed by atoms with Crippen LogP contribution in [0.15, 0.2) is 53.4 Å². The minimum Gasteiger partial charge on any atom is -0.497 e. The summed E-state index contributed by atoms with van der Waals surface area (Å²) in [6.45, 7) is 0. The number of carbonyl (C=O) groups is 1. The van der Waals surface area contributed by atoms with E-state index >= 15 is 0 Å². The average molecular weight is 339 g/mol. The molecule has 0 radical (unpaired) electrons. The Kier molecular flexibility index (Phi) is 4.54. The average Bonchev–Trinajstić information content (AvgIpc) is 2.62. The predicted octanol–water partition coefficient (Wildman–Crippen LogP) is 2.45. The molecule has 0 bridgehead atoms. The molecule has 1 aliphatic carbocycles. The first-order chi connectivity index (χ1) is 12.0. The summed E-state index contributed by atoms with van der Waals surface area (Å²) in [5.74, 6) is -0.612. The van der Waals surface area contributed by atoms with Crippen molar-refractivity contribution in [3.63, 3.8) is 0 Å². The largest absolute Gasteiger partial charge is 0.497 e. The number of rotatable bonds is 4. The third-order valence-corrected chi connectivity index (χ3v) is 4.04. The summed E-state index contributed by atoms with van der Waals surface area (Å²) in [6, 6.07) is 8.47. The van der Waals surface area contributed by atoms with Gasteiger partial charge < -0.3 is 19.9 Å². The lowest BCUT2D eigenvalue weighted by molar-refractivity contribution is 0.0695. The Morgan fingerprint density at radius 1 is 1.28 bits per heavy atom. The van der Waals surface area contributed by atoms with E-state index in [2.05, 4.69) is 4.98 Å². The number of hydrogen-bond donors (Lipinski definition) is 3. The zero-order valence-corrected chi connectivity index (χ0v) is 13.5.